The van der Waals surface area contributed by atoms with Crippen LogP contribution in [0.3, 0.4) is 0 Å². The van der Waals surface area contributed by atoms with Crippen molar-refractivity contribution in [1.82, 2.24) is 0 Å². The Bertz CT molecular complexity index is 625. The van der Waals surface area contributed by atoms with Gasteiger partial charge in [-0.1, -0.05) is 23.7 Å². The molecule has 0 saturated carbocycles. The Hall–Kier alpha value is -1.52. The molecule has 0 unspecified atom stereocenters. The normalized spacial score (nSPS) is 12.1. The second-order valence-corrected chi connectivity index (χ2v) is 6.12. The Morgan fingerprint density at radius 3 is 2.50 bits per heavy atom. The second-order valence-electron chi connectivity index (χ2n) is 3.79. The van der Waals surface area contributed by atoms with Gasteiger partial charge in [0.15, 0.2) is 9.84 Å². The first-order valence-corrected chi connectivity index (χ1v) is 7.32. The third-order valence-electron chi connectivity index (χ3n) is 2.29. The van der Waals surface area contributed by atoms with Crippen LogP contribution in [0.15, 0.2) is 52.7 Å². The lowest BCUT2D eigenvalue weighted by Crippen LogP contribution is -1.99. The van der Waals surface area contributed by atoms with Crippen molar-refractivity contribution in [2.24, 2.45) is 0 Å². The third-order valence-corrected chi connectivity index (χ3v) is 3.83. The molecule has 1 heterocycles. The van der Waals surface area contributed by atoms with Gasteiger partial charge in [0, 0.05) is 16.0 Å². The maximum Gasteiger partial charge on any atom is 0.175 e. The first-order chi connectivity index (χ1) is 8.55. The average molecular weight is 283 g/mol. The topological polar surface area (TPSA) is 47.3 Å². The van der Waals surface area contributed by atoms with Crippen LogP contribution in [0, 0.1) is 0 Å². The maximum absolute atomic E-state index is 11.8. The SMILES string of the molecule is O=S(=O)(/C=C/c1ccoc1)Cc1ccc(Cl)cc1. The standard InChI is InChI=1S/C13H11ClO3S/c14-13-3-1-12(2-4-13)10-18(15,16)8-6-11-5-7-17-9-11/h1-9H,10H2/b8-6+. The summed E-state index contributed by atoms with van der Waals surface area (Å²) in [5.74, 6) is -0.0431. The van der Waals surface area contributed by atoms with Crippen LogP contribution in [0.2, 0.25) is 5.02 Å². The molecule has 0 fully saturated rings. The molecule has 0 atom stereocenters. The van der Waals surface area contributed by atoms with Crippen LogP contribution in [0.1, 0.15) is 11.1 Å². The van der Waals surface area contributed by atoms with Gasteiger partial charge < -0.3 is 4.42 Å². The van der Waals surface area contributed by atoms with Crippen molar-refractivity contribution in [2.45, 2.75) is 5.75 Å². The van der Waals surface area contributed by atoms with Crippen LogP contribution in [-0.2, 0) is 15.6 Å². The Kier molecular flexibility index (Phi) is 3.89. The van der Waals surface area contributed by atoms with E-state index in [1.807, 2.05) is 0 Å². The minimum Gasteiger partial charge on any atom is -0.472 e. The molecule has 0 aliphatic rings. The quantitative estimate of drug-likeness (QED) is 0.862. The maximum atomic E-state index is 11.8. The molecule has 0 aliphatic carbocycles. The Morgan fingerprint density at radius 1 is 1.17 bits per heavy atom. The summed E-state index contributed by atoms with van der Waals surface area (Å²) in [4.78, 5) is 0. The molecule has 0 aliphatic heterocycles. The first-order valence-electron chi connectivity index (χ1n) is 5.23. The number of rotatable bonds is 4. The number of furan rings is 1. The van der Waals surface area contributed by atoms with Crippen LogP contribution in [0.25, 0.3) is 6.08 Å². The molecule has 0 spiro atoms. The number of sulfone groups is 1. The summed E-state index contributed by atoms with van der Waals surface area (Å²) in [6.45, 7) is 0. The molecule has 0 saturated heterocycles. The molecular weight excluding hydrogens is 272 g/mol. The van der Waals surface area contributed by atoms with E-state index in [1.54, 1.807) is 30.3 Å². The van der Waals surface area contributed by atoms with Crippen molar-refractivity contribution >= 4 is 27.5 Å². The van der Waals surface area contributed by atoms with Gasteiger partial charge in [-0.3, -0.25) is 0 Å². The predicted octanol–water partition coefficient (Wildman–Crippen LogP) is 3.52. The molecule has 0 amide bonds. The fraction of sp³-hybridized carbons (Fsp3) is 0.0769. The largest absolute Gasteiger partial charge is 0.472 e. The molecule has 18 heavy (non-hydrogen) atoms. The van der Waals surface area contributed by atoms with Gasteiger partial charge in [-0.05, 0) is 29.8 Å². The number of hydrogen-bond acceptors (Lipinski definition) is 3. The van der Waals surface area contributed by atoms with Gasteiger partial charge in [-0.2, -0.15) is 0 Å². The Labute approximate surface area is 111 Å². The summed E-state index contributed by atoms with van der Waals surface area (Å²) >= 11 is 5.74. The summed E-state index contributed by atoms with van der Waals surface area (Å²) < 4.78 is 28.5. The molecular formula is C13H11ClO3S. The lowest BCUT2D eigenvalue weighted by Gasteiger charge is -1.99. The minimum absolute atomic E-state index is 0.0431. The van der Waals surface area contributed by atoms with E-state index in [0.29, 0.717) is 10.6 Å². The predicted molar refractivity (Wildman–Crippen MR) is 71.8 cm³/mol. The molecule has 2 aromatic rings. The fourth-order valence-electron chi connectivity index (χ4n) is 1.41. The summed E-state index contributed by atoms with van der Waals surface area (Å²) in [5.41, 5.74) is 1.42. The van der Waals surface area contributed by atoms with Gasteiger partial charge in [0.05, 0.1) is 18.3 Å². The van der Waals surface area contributed by atoms with Crippen LogP contribution in [0.4, 0.5) is 0 Å². The lowest BCUT2D eigenvalue weighted by molar-refractivity contribution is 0.567. The molecule has 0 bridgehead atoms. The van der Waals surface area contributed by atoms with Crippen molar-refractivity contribution < 1.29 is 12.8 Å². The number of halogens is 1. The van der Waals surface area contributed by atoms with E-state index < -0.39 is 9.84 Å². The zero-order valence-corrected chi connectivity index (χ0v) is 11.0. The average Bonchev–Trinajstić information content (AvgIpc) is 2.83. The van der Waals surface area contributed by atoms with Crippen LogP contribution in [0.5, 0.6) is 0 Å². The monoisotopic (exact) mass is 282 g/mol. The summed E-state index contributed by atoms with van der Waals surface area (Å²) in [6.07, 6.45) is 4.48. The molecule has 2 rings (SSSR count). The van der Waals surface area contributed by atoms with E-state index in [0.717, 1.165) is 5.56 Å². The van der Waals surface area contributed by atoms with Crippen LogP contribution in [-0.4, -0.2) is 8.42 Å². The lowest BCUT2D eigenvalue weighted by atomic mass is 10.2. The van der Waals surface area contributed by atoms with Crippen molar-refractivity contribution in [3.05, 3.63) is 64.4 Å². The molecule has 3 nitrogen and oxygen atoms in total. The second kappa shape index (κ2) is 5.42. The smallest absolute Gasteiger partial charge is 0.175 e. The highest BCUT2D eigenvalue weighted by atomic mass is 35.5. The molecule has 5 heteroatoms. The molecule has 0 radical (unpaired) electrons. The van der Waals surface area contributed by atoms with Gasteiger partial charge in [-0.25, -0.2) is 8.42 Å². The van der Waals surface area contributed by atoms with Gasteiger partial charge >= 0.3 is 0 Å². The zero-order valence-electron chi connectivity index (χ0n) is 9.41. The van der Waals surface area contributed by atoms with E-state index in [-0.39, 0.29) is 5.75 Å². The Balaban J connectivity index is 2.10. The minimum atomic E-state index is -3.29. The number of hydrogen-bond donors (Lipinski definition) is 0. The molecule has 94 valence electrons. The highest BCUT2D eigenvalue weighted by Gasteiger charge is 2.07. The molecule has 1 aromatic carbocycles. The number of benzene rings is 1. The van der Waals surface area contributed by atoms with Crippen molar-refractivity contribution in [2.75, 3.05) is 0 Å². The first kappa shape index (κ1) is 12.9. The molecule has 1 aromatic heterocycles. The third kappa shape index (κ3) is 3.75. The zero-order chi connectivity index (χ0) is 13.0. The highest BCUT2D eigenvalue weighted by Crippen LogP contribution is 2.14. The summed E-state index contributed by atoms with van der Waals surface area (Å²) in [7, 11) is -3.29. The van der Waals surface area contributed by atoms with Crippen LogP contribution >= 0.6 is 11.6 Å². The van der Waals surface area contributed by atoms with Crippen LogP contribution < -0.4 is 0 Å². The van der Waals surface area contributed by atoms with E-state index in [2.05, 4.69) is 0 Å². The van der Waals surface area contributed by atoms with E-state index in [4.69, 9.17) is 16.0 Å². The van der Waals surface area contributed by atoms with E-state index in [9.17, 15) is 8.42 Å². The van der Waals surface area contributed by atoms with E-state index >= 15 is 0 Å². The summed E-state index contributed by atoms with van der Waals surface area (Å²) in [5, 5.41) is 1.78. The summed E-state index contributed by atoms with van der Waals surface area (Å²) in [6, 6.07) is 8.43. The van der Waals surface area contributed by atoms with Crippen molar-refractivity contribution in [3.63, 3.8) is 0 Å². The van der Waals surface area contributed by atoms with Gasteiger partial charge in [-0.15, -0.1) is 0 Å². The highest BCUT2D eigenvalue weighted by molar-refractivity contribution is 7.93. The van der Waals surface area contributed by atoms with E-state index in [1.165, 1.54) is 24.0 Å². The fourth-order valence-corrected chi connectivity index (χ4v) is 2.66. The van der Waals surface area contributed by atoms with Gasteiger partial charge in [0.25, 0.3) is 0 Å². The molecule has 0 N–H and O–H groups in total. The van der Waals surface area contributed by atoms with Crippen molar-refractivity contribution in [1.29, 1.82) is 0 Å². The van der Waals surface area contributed by atoms with Gasteiger partial charge in [0.1, 0.15) is 0 Å². The Morgan fingerprint density at radius 2 is 1.89 bits per heavy atom. The van der Waals surface area contributed by atoms with Crippen molar-refractivity contribution in [3.8, 4) is 0 Å². The van der Waals surface area contributed by atoms with Gasteiger partial charge in [0.2, 0.25) is 0 Å².